The van der Waals surface area contributed by atoms with Crippen LogP contribution in [0.3, 0.4) is 0 Å². The Hall–Kier alpha value is -2.87. The fourth-order valence-corrected chi connectivity index (χ4v) is 3.12. The van der Waals surface area contributed by atoms with Gasteiger partial charge in [0.05, 0.1) is 29.1 Å². The van der Waals surface area contributed by atoms with Crippen molar-refractivity contribution in [2.75, 3.05) is 23.3 Å². The smallest absolute Gasteiger partial charge is 0.287 e. The topological polar surface area (TPSA) is 112 Å². The minimum Gasteiger partial charge on any atom is -0.392 e. The lowest BCUT2D eigenvalue weighted by Gasteiger charge is -2.33. The summed E-state index contributed by atoms with van der Waals surface area (Å²) in [5, 5.41) is 23.0. The van der Waals surface area contributed by atoms with Gasteiger partial charge in [-0.1, -0.05) is 13.0 Å². The highest BCUT2D eigenvalue weighted by Crippen LogP contribution is 2.31. The first-order valence-electron chi connectivity index (χ1n) is 8.61. The Kier molecular flexibility index (Phi) is 5.22. The number of aliphatic hydroxyl groups is 1. The summed E-state index contributed by atoms with van der Waals surface area (Å²) in [5.74, 6) is 0.222. The third-order valence-electron chi connectivity index (χ3n) is 4.74. The normalized spacial score (nSPS) is 15.1. The fraction of sp³-hybridized carbons (Fsp3) is 0.389. The maximum Gasteiger partial charge on any atom is 0.287 e. The number of H-pyrrole nitrogens is 1. The van der Waals surface area contributed by atoms with Gasteiger partial charge in [-0.15, -0.1) is 0 Å². The van der Waals surface area contributed by atoms with Gasteiger partial charge < -0.3 is 20.3 Å². The molecule has 2 aromatic rings. The molecule has 0 spiro atoms. The molecule has 0 saturated carbocycles. The number of rotatable bonds is 5. The van der Waals surface area contributed by atoms with E-state index in [1.807, 2.05) is 12.1 Å². The molecule has 0 bridgehead atoms. The van der Waals surface area contributed by atoms with E-state index >= 15 is 0 Å². The van der Waals surface area contributed by atoms with Gasteiger partial charge in [0.1, 0.15) is 5.69 Å². The van der Waals surface area contributed by atoms with Crippen LogP contribution in [0.25, 0.3) is 0 Å². The van der Waals surface area contributed by atoms with Crippen LogP contribution < -0.4 is 10.2 Å². The molecule has 8 heteroatoms. The quantitative estimate of drug-likeness (QED) is 0.562. The summed E-state index contributed by atoms with van der Waals surface area (Å²) >= 11 is 0. The number of aliphatic hydroxyl groups excluding tert-OH is 1. The lowest BCUT2D eigenvalue weighted by molar-refractivity contribution is -0.384. The van der Waals surface area contributed by atoms with Crippen molar-refractivity contribution in [3.63, 3.8) is 0 Å². The maximum atomic E-state index is 12.5. The van der Waals surface area contributed by atoms with E-state index in [1.165, 1.54) is 12.3 Å². The number of anilines is 2. The first-order chi connectivity index (χ1) is 12.5. The average molecular weight is 358 g/mol. The molecule has 0 radical (unpaired) electrons. The minimum atomic E-state index is -0.556. The largest absolute Gasteiger partial charge is 0.392 e. The first kappa shape index (κ1) is 17.9. The van der Waals surface area contributed by atoms with Gasteiger partial charge >= 0.3 is 0 Å². The van der Waals surface area contributed by atoms with E-state index in [4.69, 9.17) is 0 Å². The van der Waals surface area contributed by atoms with Crippen LogP contribution in [-0.2, 0) is 6.61 Å². The average Bonchev–Trinajstić information content (AvgIpc) is 3.13. The molecule has 1 aliphatic heterocycles. The van der Waals surface area contributed by atoms with E-state index in [9.17, 15) is 20.0 Å². The Morgan fingerprint density at radius 2 is 2.12 bits per heavy atom. The number of benzene rings is 1. The van der Waals surface area contributed by atoms with Gasteiger partial charge in [0, 0.05) is 19.2 Å². The molecule has 1 saturated heterocycles. The molecule has 0 aliphatic carbocycles. The van der Waals surface area contributed by atoms with Crippen molar-refractivity contribution in [2.45, 2.75) is 26.4 Å². The monoisotopic (exact) mass is 358 g/mol. The van der Waals surface area contributed by atoms with E-state index < -0.39 is 10.8 Å². The molecule has 1 fully saturated rings. The standard InChI is InChI=1S/C18H22N4O4/c1-12-4-6-21(7-5-12)17-3-2-13(11-23)8-15(17)20-18(24)16-9-14(10-19-16)22(25)26/h2-3,8-10,12,19,23H,4-7,11H2,1H3,(H,20,24). The number of nitrogens with zero attached hydrogens (tertiary/aromatic N) is 2. The Bertz CT molecular complexity index is 809. The Balaban J connectivity index is 1.84. The van der Waals surface area contributed by atoms with Gasteiger partial charge in [-0.3, -0.25) is 14.9 Å². The molecule has 8 nitrogen and oxygen atoms in total. The van der Waals surface area contributed by atoms with Crippen molar-refractivity contribution in [3.05, 3.63) is 51.8 Å². The number of hydrogen-bond acceptors (Lipinski definition) is 5. The highest BCUT2D eigenvalue weighted by molar-refractivity contribution is 6.05. The molecule has 138 valence electrons. The van der Waals surface area contributed by atoms with Crippen LogP contribution in [0, 0.1) is 16.0 Å². The molecule has 1 aliphatic rings. The third-order valence-corrected chi connectivity index (χ3v) is 4.74. The Labute approximate surface area is 151 Å². The first-order valence-corrected chi connectivity index (χ1v) is 8.61. The molecule has 0 atom stereocenters. The second kappa shape index (κ2) is 7.57. The zero-order valence-corrected chi connectivity index (χ0v) is 14.6. The van der Waals surface area contributed by atoms with Crippen molar-refractivity contribution in [3.8, 4) is 0 Å². The van der Waals surface area contributed by atoms with Crippen LogP contribution in [-0.4, -0.2) is 34.0 Å². The second-order valence-electron chi connectivity index (χ2n) is 6.66. The molecular formula is C18H22N4O4. The lowest BCUT2D eigenvalue weighted by atomic mass is 9.98. The number of amides is 1. The number of nitro groups is 1. The Morgan fingerprint density at radius 3 is 2.73 bits per heavy atom. The van der Waals surface area contributed by atoms with E-state index in [2.05, 4.69) is 22.1 Å². The van der Waals surface area contributed by atoms with Crippen LogP contribution in [0.1, 0.15) is 35.8 Å². The van der Waals surface area contributed by atoms with Crippen molar-refractivity contribution in [1.29, 1.82) is 0 Å². The number of aromatic amines is 1. The minimum absolute atomic E-state index is 0.115. The summed E-state index contributed by atoms with van der Waals surface area (Å²) < 4.78 is 0. The SMILES string of the molecule is CC1CCN(c2ccc(CO)cc2NC(=O)c2cc([N+](=O)[O-])c[nH]2)CC1. The van der Waals surface area contributed by atoms with Crippen LogP contribution in [0.2, 0.25) is 0 Å². The lowest BCUT2D eigenvalue weighted by Crippen LogP contribution is -2.33. The highest BCUT2D eigenvalue weighted by atomic mass is 16.6. The van der Waals surface area contributed by atoms with Gasteiger partial charge in [0.2, 0.25) is 0 Å². The van der Waals surface area contributed by atoms with E-state index in [1.54, 1.807) is 6.07 Å². The molecule has 1 amide bonds. The molecule has 1 aromatic heterocycles. The summed E-state index contributed by atoms with van der Waals surface area (Å²) in [6.45, 7) is 3.90. The number of nitrogens with one attached hydrogen (secondary N) is 2. The maximum absolute atomic E-state index is 12.5. The number of aromatic nitrogens is 1. The second-order valence-corrected chi connectivity index (χ2v) is 6.66. The molecule has 3 rings (SSSR count). The Morgan fingerprint density at radius 1 is 1.38 bits per heavy atom. The molecule has 3 N–H and O–H groups in total. The zero-order chi connectivity index (χ0) is 18.7. The van der Waals surface area contributed by atoms with E-state index in [-0.39, 0.29) is 18.0 Å². The molecule has 2 heterocycles. The van der Waals surface area contributed by atoms with Crippen molar-refractivity contribution >= 4 is 23.0 Å². The molecule has 0 unspecified atom stereocenters. The number of carbonyl (C=O) groups is 1. The van der Waals surface area contributed by atoms with Gasteiger partial charge in [-0.05, 0) is 36.5 Å². The summed E-state index contributed by atoms with van der Waals surface area (Å²) in [7, 11) is 0. The van der Waals surface area contributed by atoms with Crippen LogP contribution >= 0.6 is 0 Å². The summed E-state index contributed by atoms with van der Waals surface area (Å²) in [6.07, 6.45) is 3.35. The van der Waals surface area contributed by atoms with Crippen LogP contribution in [0.5, 0.6) is 0 Å². The third kappa shape index (κ3) is 3.85. The summed E-state index contributed by atoms with van der Waals surface area (Å²) in [4.78, 5) is 27.6. The van der Waals surface area contributed by atoms with Crippen molar-refractivity contribution in [2.24, 2.45) is 5.92 Å². The van der Waals surface area contributed by atoms with E-state index in [0.717, 1.165) is 31.6 Å². The zero-order valence-electron chi connectivity index (χ0n) is 14.6. The van der Waals surface area contributed by atoms with Gasteiger partial charge in [-0.2, -0.15) is 0 Å². The summed E-state index contributed by atoms with van der Waals surface area (Å²) in [5.41, 5.74) is 2.12. The van der Waals surface area contributed by atoms with Gasteiger partial charge in [0.15, 0.2) is 0 Å². The molecule has 26 heavy (non-hydrogen) atoms. The van der Waals surface area contributed by atoms with E-state index in [0.29, 0.717) is 17.2 Å². The van der Waals surface area contributed by atoms with Crippen molar-refractivity contribution in [1.82, 2.24) is 4.98 Å². The van der Waals surface area contributed by atoms with Gasteiger partial charge in [-0.25, -0.2) is 0 Å². The van der Waals surface area contributed by atoms with Crippen molar-refractivity contribution < 1.29 is 14.8 Å². The molecular weight excluding hydrogens is 336 g/mol. The fourth-order valence-electron chi connectivity index (χ4n) is 3.12. The number of carbonyl (C=O) groups excluding carboxylic acids is 1. The van der Waals surface area contributed by atoms with Gasteiger partial charge in [0.25, 0.3) is 11.6 Å². The summed E-state index contributed by atoms with van der Waals surface area (Å²) in [6, 6.07) is 6.67. The number of hydrogen-bond donors (Lipinski definition) is 3. The highest BCUT2D eigenvalue weighted by Gasteiger charge is 2.21. The van der Waals surface area contributed by atoms with Crippen LogP contribution in [0.4, 0.5) is 17.1 Å². The predicted molar refractivity (Wildman–Crippen MR) is 98.4 cm³/mol. The predicted octanol–water partition coefficient (Wildman–Crippen LogP) is 2.90. The number of piperidine rings is 1. The van der Waals surface area contributed by atoms with Crippen LogP contribution in [0.15, 0.2) is 30.5 Å². The molecule has 1 aromatic carbocycles.